The molecule has 0 spiro atoms. The Bertz CT molecular complexity index is 1410. The highest BCUT2D eigenvalue weighted by molar-refractivity contribution is 5.88. The van der Waals surface area contributed by atoms with Gasteiger partial charge >= 0.3 is 6.36 Å². The van der Waals surface area contributed by atoms with E-state index >= 15 is 4.39 Å². The molecule has 0 saturated heterocycles. The average Bonchev–Trinajstić information content (AvgIpc) is 2.83. The summed E-state index contributed by atoms with van der Waals surface area (Å²) in [4.78, 5) is 0. The number of aryl methyl sites for hydroxylation is 2. The minimum Gasteiger partial charge on any atom is -0.403 e. The summed E-state index contributed by atoms with van der Waals surface area (Å²) >= 11 is 0. The summed E-state index contributed by atoms with van der Waals surface area (Å²) in [6.45, 7) is 0.322. The Kier molecular flexibility index (Phi) is 7.73. The predicted octanol–water partition coefficient (Wildman–Crippen LogP) is 7.94. The average molecular weight is 522 g/mol. The Morgan fingerprint density at radius 3 is 2.05 bits per heavy atom. The van der Waals surface area contributed by atoms with Crippen molar-refractivity contribution in [3.05, 3.63) is 101 Å². The number of ether oxygens (including phenoxy) is 2. The zero-order valence-electron chi connectivity index (χ0n) is 19.6. The highest BCUT2D eigenvalue weighted by atomic mass is 19.4. The largest absolute Gasteiger partial charge is 0.573 e. The van der Waals surface area contributed by atoms with Crippen LogP contribution >= 0.6 is 0 Å². The molecule has 4 rings (SSSR count). The van der Waals surface area contributed by atoms with Crippen molar-refractivity contribution in [2.45, 2.75) is 25.6 Å². The van der Waals surface area contributed by atoms with E-state index in [9.17, 15) is 26.3 Å². The van der Waals surface area contributed by atoms with E-state index in [1.54, 1.807) is 6.07 Å². The molecule has 4 aromatic rings. The van der Waals surface area contributed by atoms with E-state index < -0.39 is 35.4 Å². The minimum absolute atomic E-state index is 0.147. The van der Waals surface area contributed by atoms with Gasteiger partial charge in [-0.15, -0.1) is 13.2 Å². The van der Waals surface area contributed by atoms with Gasteiger partial charge in [-0.2, -0.15) is 0 Å². The van der Waals surface area contributed by atoms with E-state index in [1.165, 1.54) is 49.6 Å². The van der Waals surface area contributed by atoms with Crippen LogP contribution in [0.5, 0.6) is 5.75 Å². The Morgan fingerprint density at radius 2 is 1.41 bits per heavy atom. The van der Waals surface area contributed by atoms with Crippen LogP contribution in [0.2, 0.25) is 0 Å². The number of alkyl halides is 3. The molecular weight excluding hydrogens is 501 g/mol. The van der Waals surface area contributed by atoms with Gasteiger partial charge in [0.15, 0.2) is 11.6 Å². The zero-order valence-corrected chi connectivity index (χ0v) is 19.6. The smallest absolute Gasteiger partial charge is 0.403 e. The molecule has 0 atom stereocenters. The summed E-state index contributed by atoms with van der Waals surface area (Å²) in [5.74, 6) is -4.13. The molecule has 0 aliphatic rings. The third-order valence-electron chi connectivity index (χ3n) is 5.92. The third-order valence-corrected chi connectivity index (χ3v) is 5.92. The van der Waals surface area contributed by atoms with Gasteiger partial charge in [0.05, 0.1) is 12.2 Å². The maximum Gasteiger partial charge on any atom is 0.573 e. The molecule has 0 saturated carbocycles. The molecule has 0 heterocycles. The lowest BCUT2D eigenvalue weighted by Gasteiger charge is -2.12. The highest BCUT2D eigenvalue weighted by Crippen LogP contribution is 2.32. The molecule has 37 heavy (non-hydrogen) atoms. The van der Waals surface area contributed by atoms with Gasteiger partial charge in [-0.3, -0.25) is 0 Å². The van der Waals surface area contributed by atoms with Gasteiger partial charge in [-0.25, -0.2) is 17.6 Å². The topological polar surface area (TPSA) is 18.5 Å². The van der Waals surface area contributed by atoms with Crippen molar-refractivity contribution in [2.24, 2.45) is 0 Å². The number of fused-ring (bicyclic) bond motifs is 1. The Labute approximate surface area is 208 Å². The standard InChI is InChI=1S/C28H21F7O2/c1-36-11-10-17-13-23(30)26(24(31)14-17)20-7-8-21-19(15-20)6-5-18(27(21)32)4-2-16-3-9-25(22(29)12-16)37-28(33,34)35/h3,5-9,12-15H,2,4,10-11H2,1H3. The molecule has 0 bridgehead atoms. The zero-order chi connectivity index (χ0) is 26.7. The monoisotopic (exact) mass is 522 g/mol. The molecular formula is C28H21F7O2. The Balaban J connectivity index is 1.54. The highest BCUT2D eigenvalue weighted by Gasteiger charge is 2.32. The third kappa shape index (κ3) is 6.22. The van der Waals surface area contributed by atoms with Crippen LogP contribution in [0.4, 0.5) is 30.7 Å². The number of rotatable bonds is 8. The van der Waals surface area contributed by atoms with E-state index in [0.29, 0.717) is 35.1 Å². The first-order valence-electron chi connectivity index (χ1n) is 11.3. The van der Waals surface area contributed by atoms with Crippen LogP contribution in [-0.4, -0.2) is 20.1 Å². The van der Waals surface area contributed by atoms with Crippen molar-refractivity contribution in [3.63, 3.8) is 0 Å². The van der Waals surface area contributed by atoms with Crippen molar-refractivity contribution >= 4 is 10.8 Å². The van der Waals surface area contributed by atoms with Crippen molar-refractivity contribution in [3.8, 4) is 16.9 Å². The lowest BCUT2D eigenvalue weighted by atomic mass is 9.96. The fourth-order valence-electron chi connectivity index (χ4n) is 4.14. The molecule has 0 radical (unpaired) electrons. The Morgan fingerprint density at radius 1 is 0.703 bits per heavy atom. The molecule has 0 aliphatic carbocycles. The van der Waals surface area contributed by atoms with E-state index in [2.05, 4.69) is 4.74 Å². The molecule has 0 aromatic heterocycles. The number of hydrogen-bond acceptors (Lipinski definition) is 2. The first kappa shape index (κ1) is 26.5. The summed E-state index contributed by atoms with van der Waals surface area (Å²) in [7, 11) is 1.49. The van der Waals surface area contributed by atoms with Crippen LogP contribution in [0.3, 0.4) is 0 Å². The summed E-state index contributed by atoms with van der Waals surface area (Å²) in [6, 6.07) is 13.0. The van der Waals surface area contributed by atoms with Crippen molar-refractivity contribution in [1.29, 1.82) is 0 Å². The fraction of sp³-hybridized carbons (Fsp3) is 0.214. The second-order valence-electron chi connectivity index (χ2n) is 8.46. The number of benzene rings is 4. The summed E-state index contributed by atoms with van der Waals surface area (Å²) < 4.78 is 104. The van der Waals surface area contributed by atoms with Gasteiger partial charge in [0.1, 0.15) is 17.5 Å². The Hall–Kier alpha value is -3.59. The van der Waals surface area contributed by atoms with Gasteiger partial charge in [0.2, 0.25) is 0 Å². The number of methoxy groups -OCH3 is 1. The fourth-order valence-corrected chi connectivity index (χ4v) is 4.14. The van der Waals surface area contributed by atoms with Gasteiger partial charge in [-0.1, -0.05) is 30.3 Å². The summed E-state index contributed by atoms with van der Waals surface area (Å²) in [6.07, 6.45) is -4.35. The number of hydrogen-bond donors (Lipinski definition) is 0. The van der Waals surface area contributed by atoms with E-state index in [1.807, 2.05) is 0 Å². The quantitative estimate of drug-likeness (QED) is 0.219. The molecule has 0 aliphatic heterocycles. The second-order valence-corrected chi connectivity index (χ2v) is 8.46. The van der Waals surface area contributed by atoms with Crippen molar-refractivity contribution in [1.82, 2.24) is 0 Å². The van der Waals surface area contributed by atoms with Gasteiger partial charge in [0, 0.05) is 12.5 Å². The second kappa shape index (κ2) is 10.8. The van der Waals surface area contributed by atoms with Crippen LogP contribution in [0, 0.1) is 23.3 Å². The molecule has 9 heteroatoms. The molecule has 0 unspecified atom stereocenters. The maximum atomic E-state index is 15.2. The van der Waals surface area contributed by atoms with E-state index in [0.717, 1.165) is 12.1 Å². The molecule has 0 N–H and O–H groups in total. The molecule has 0 fully saturated rings. The molecule has 0 amide bonds. The molecule has 2 nitrogen and oxygen atoms in total. The predicted molar refractivity (Wildman–Crippen MR) is 125 cm³/mol. The van der Waals surface area contributed by atoms with Crippen LogP contribution in [0.1, 0.15) is 16.7 Å². The van der Waals surface area contributed by atoms with Crippen molar-refractivity contribution in [2.75, 3.05) is 13.7 Å². The van der Waals surface area contributed by atoms with Gasteiger partial charge in [-0.05, 0) is 77.2 Å². The van der Waals surface area contributed by atoms with Crippen LogP contribution in [0.15, 0.2) is 60.7 Å². The van der Waals surface area contributed by atoms with Crippen LogP contribution in [-0.2, 0) is 24.0 Å². The van der Waals surface area contributed by atoms with Gasteiger partial charge < -0.3 is 9.47 Å². The van der Waals surface area contributed by atoms with Gasteiger partial charge in [0.25, 0.3) is 0 Å². The number of halogens is 7. The first-order valence-corrected chi connectivity index (χ1v) is 11.3. The minimum atomic E-state index is -5.01. The first-order chi connectivity index (χ1) is 17.6. The summed E-state index contributed by atoms with van der Waals surface area (Å²) in [5, 5.41) is 0.666. The molecule has 4 aromatic carbocycles. The van der Waals surface area contributed by atoms with Crippen molar-refractivity contribution < 1.29 is 40.2 Å². The van der Waals surface area contributed by atoms with Crippen LogP contribution < -0.4 is 4.74 Å². The lowest BCUT2D eigenvalue weighted by molar-refractivity contribution is -0.275. The SMILES string of the molecule is COCCc1cc(F)c(-c2ccc3c(F)c(CCc4ccc(OC(F)(F)F)c(F)c4)ccc3c2)c(F)c1. The van der Waals surface area contributed by atoms with E-state index in [-0.39, 0.29) is 29.4 Å². The van der Waals surface area contributed by atoms with Crippen LogP contribution in [0.25, 0.3) is 21.9 Å². The summed E-state index contributed by atoms with van der Waals surface area (Å²) in [5.41, 5.74) is 1.16. The lowest BCUT2D eigenvalue weighted by Crippen LogP contribution is -2.18. The van der Waals surface area contributed by atoms with E-state index in [4.69, 9.17) is 4.74 Å². The normalized spacial score (nSPS) is 11.8. The molecule has 194 valence electrons. The maximum absolute atomic E-state index is 15.2.